The maximum atomic E-state index is 8.88. The van der Waals surface area contributed by atoms with Gasteiger partial charge in [-0.25, -0.2) is 0 Å². The van der Waals surface area contributed by atoms with Crippen LogP contribution in [0.3, 0.4) is 0 Å². The molecule has 0 heterocycles. The first-order valence-corrected chi connectivity index (χ1v) is 8.69. The second-order valence-electron chi connectivity index (χ2n) is 6.80. The Balaban J connectivity index is 1.60. The molecule has 0 aliphatic heterocycles. The highest BCUT2D eigenvalue weighted by Crippen LogP contribution is 2.39. The first-order valence-electron chi connectivity index (χ1n) is 8.69. The molecule has 1 nitrogen and oxygen atoms in total. The molecule has 22 heavy (non-hydrogen) atoms. The molecule has 1 heteroatoms. The maximum Gasteiger partial charge on any atom is 0.0991 e. The van der Waals surface area contributed by atoms with Crippen molar-refractivity contribution in [1.82, 2.24) is 0 Å². The van der Waals surface area contributed by atoms with E-state index in [1.54, 1.807) is 0 Å². The fraction of sp³-hybridized carbons (Fsp3) is 0.476. The highest BCUT2D eigenvalue weighted by Gasteiger charge is 2.26. The summed E-state index contributed by atoms with van der Waals surface area (Å²) in [5.41, 5.74) is 3.26. The van der Waals surface area contributed by atoms with Gasteiger partial charge in [-0.05, 0) is 60.3 Å². The summed E-state index contributed by atoms with van der Waals surface area (Å²) >= 11 is 0. The van der Waals surface area contributed by atoms with Crippen LogP contribution in [0.1, 0.15) is 56.6 Å². The summed E-state index contributed by atoms with van der Waals surface area (Å²) in [7, 11) is 0. The zero-order valence-corrected chi connectivity index (χ0v) is 13.5. The monoisotopic (exact) mass is 291 g/mol. The number of nitrogens with zero attached hydrogens (tertiary/aromatic N) is 1. The molecule has 2 aliphatic rings. The summed E-state index contributed by atoms with van der Waals surface area (Å²) in [5.74, 6) is 2.60. The molecule has 2 aliphatic carbocycles. The number of hydrogen-bond acceptors (Lipinski definition) is 1. The minimum atomic E-state index is 0.731. The van der Waals surface area contributed by atoms with Gasteiger partial charge in [0.1, 0.15) is 0 Å². The molecule has 0 amide bonds. The Morgan fingerprint density at radius 2 is 1.82 bits per heavy atom. The topological polar surface area (TPSA) is 23.8 Å². The normalized spacial score (nSPS) is 28.0. The van der Waals surface area contributed by atoms with E-state index in [2.05, 4.69) is 43.4 Å². The van der Waals surface area contributed by atoms with Gasteiger partial charge in [0, 0.05) is 0 Å². The van der Waals surface area contributed by atoms with Gasteiger partial charge < -0.3 is 0 Å². The Morgan fingerprint density at radius 3 is 2.36 bits per heavy atom. The van der Waals surface area contributed by atoms with Crippen molar-refractivity contribution in [2.45, 2.75) is 45.4 Å². The van der Waals surface area contributed by atoms with Crippen LogP contribution in [-0.4, -0.2) is 0 Å². The lowest BCUT2D eigenvalue weighted by Gasteiger charge is -2.33. The number of nitriles is 1. The third kappa shape index (κ3) is 3.33. The fourth-order valence-corrected chi connectivity index (χ4v) is 3.96. The van der Waals surface area contributed by atoms with E-state index in [9.17, 15) is 0 Å². The van der Waals surface area contributed by atoms with Gasteiger partial charge >= 0.3 is 0 Å². The van der Waals surface area contributed by atoms with Crippen LogP contribution in [0.15, 0.2) is 42.5 Å². The number of benzene rings is 1. The van der Waals surface area contributed by atoms with Gasteiger partial charge in [-0.2, -0.15) is 5.26 Å². The van der Waals surface area contributed by atoms with E-state index < -0.39 is 0 Å². The van der Waals surface area contributed by atoms with Crippen molar-refractivity contribution in [3.8, 4) is 6.07 Å². The second-order valence-corrected chi connectivity index (χ2v) is 6.80. The lowest BCUT2D eigenvalue weighted by atomic mass is 9.73. The molecule has 0 saturated heterocycles. The van der Waals surface area contributed by atoms with Gasteiger partial charge in [-0.1, -0.05) is 56.5 Å². The average Bonchev–Trinajstić information content (AvgIpc) is 2.62. The molecule has 0 radical (unpaired) electrons. The van der Waals surface area contributed by atoms with Crippen molar-refractivity contribution >= 4 is 5.57 Å². The van der Waals surface area contributed by atoms with Crippen LogP contribution in [0.4, 0.5) is 0 Å². The molecule has 0 N–H and O–H groups in total. The third-order valence-electron chi connectivity index (χ3n) is 5.55. The maximum absolute atomic E-state index is 8.88. The molecule has 0 bridgehead atoms. The van der Waals surface area contributed by atoms with E-state index in [1.807, 2.05) is 12.1 Å². The highest BCUT2D eigenvalue weighted by molar-refractivity contribution is 5.75. The van der Waals surface area contributed by atoms with Gasteiger partial charge in [-0.3, -0.25) is 0 Å². The molecular weight excluding hydrogens is 266 g/mol. The molecule has 0 aromatic heterocycles. The smallest absolute Gasteiger partial charge is 0.0991 e. The molecule has 1 unspecified atom stereocenters. The Bertz CT molecular complexity index is 592. The quantitative estimate of drug-likeness (QED) is 0.697. The predicted molar refractivity (Wildman–Crippen MR) is 92.1 cm³/mol. The van der Waals surface area contributed by atoms with E-state index in [0.29, 0.717) is 0 Å². The SMILES string of the molecule is CCC1CCC(C2C=CC(c3ccc(C#N)cc3)=CC2)CC1. The van der Waals surface area contributed by atoms with Gasteiger partial charge in [0.15, 0.2) is 0 Å². The summed E-state index contributed by atoms with van der Waals surface area (Å²) in [6.45, 7) is 2.33. The molecule has 114 valence electrons. The molecule has 1 aromatic carbocycles. The van der Waals surface area contributed by atoms with Crippen molar-refractivity contribution < 1.29 is 0 Å². The van der Waals surface area contributed by atoms with Crippen LogP contribution in [0.2, 0.25) is 0 Å². The van der Waals surface area contributed by atoms with Crippen molar-refractivity contribution in [2.75, 3.05) is 0 Å². The number of allylic oxidation sites excluding steroid dienone is 4. The largest absolute Gasteiger partial charge is 0.192 e. The molecule has 1 fully saturated rings. The second kappa shape index (κ2) is 6.97. The molecule has 1 atom stereocenters. The van der Waals surface area contributed by atoms with Crippen LogP contribution in [0, 0.1) is 29.1 Å². The van der Waals surface area contributed by atoms with E-state index in [1.165, 1.54) is 49.7 Å². The highest BCUT2D eigenvalue weighted by atomic mass is 14.3. The zero-order chi connectivity index (χ0) is 15.4. The standard InChI is InChI=1S/C21H25N/c1-2-16-3-7-18(8-4-16)20-11-13-21(14-12-20)19-9-5-17(15-22)6-10-19/h5-6,9-11,13-14,16,18,20H,2-4,7-8,12H2,1H3. The van der Waals surface area contributed by atoms with E-state index >= 15 is 0 Å². The molecule has 1 aromatic rings. The summed E-state index contributed by atoms with van der Waals surface area (Å²) in [6, 6.07) is 10.1. The van der Waals surface area contributed by atoms with Crippen molar-refractivity contribution in [3.63, 3.8) is 0 Å². The van der Waals surface area contributed by atoms with Crippen LogP contribution in [0.25, 0.3) is 5.57 Å². The summed E-state index contributed by atoms with van der Waals surface area (Å²) in [4.78, 5) is 0. The first-order chi connectivity index (χ1) is 10.8. The van der Waals surface area contributed by atoms with Crippen LogP contribution in [0.5, 0.6) is 0 Å². The minimum Gasteiger partial charge on any atom is -0.192 e. The summed E-state index contributed by atoms with van der Waals surface area (Å²) in [6.07, 6.45) is 15.3. The molecule has 3 rings (SSSR count). The predicted octanol–water partition coefficient (Wildman–Crippen LogP) is 5.73. The number of hydrogen-bond donors (Lipinski definition) is 0. The van der Waals surface area contributed by atoms with Crippen LogP contribution >= 0.6 is 0 Å². The lowest BCUT2D eigenvalue weighted by molar-refractivity contribution is 0.226. The van der Waals surface area contributed by atoms with E-state index in [4.69, 9.17) is 5.26 Å². The molecular formula is C21H25N. The van der Waals surface area contributed by atoms with Gasteiger partial charge in [0.25, 0.3) is 0 Å². The van der Waals surface area contributed by atoms with Crippen molar-refractivity contribution in [1.29, 1.82) is 5.26 Å². The minimum absolute atomic E-state index is 0.731. The Kier molecular flexibility index (Phi) is 4.78. The Hall–Kier alpha value is -1.81. The zero-order valence-electron chi connectivity index (χ0n) is 13.5. The van der Waals surface area contributed by atoms with Crippen molar-refractivity contribution in [3.05, 3.63) is 53.6 Å². The van der Waals surface area contributed by atoms with Crippen LogP contribution < -0.4 is 0 Å². The third-order valence-corrected chi connectivity index (χ3v) is 5.55. The van der Waals surface area contributed by atoms with E-state index in [-0.39, 0.29) is 0 Å². The average molecular weight is 291 g/mol. The van der Waals surface area contributed by atoms with Gasteiger partial charge in [0.05, 0.1) is 11.6 Å². The molecule has 0 spiro atoms. The number of rotatable bonds is 3. The molecule has 1 saturated carbocycles. The van der Waals surface area contributed by atoms with Crippen molar-refractivity contribution in [2.24, 2.45) is 17.8 Å². The lowest BCUT2D eigenvalue weighted by Crippen LogP contribution is -2.21. The Morgan fingerprint density at radius 1 is 1.09 bits per heavy atom. The first kappa shape index (κ1) is 15.1. The van der Waals surface area contributed by atoms with Gasteiger partial charge in [0.2, 0.25) is 0 Å². The Labute approximate surface area is 134 Å². The van der Waals surface area contributed by atoms with E-state index in [0.717, 1.165) is 23.3 Å². The summed E-state index contributed by atoms with van der Waals surface area (Å²) in [5, 5.41) is 8.88. The fourth-order valence-electron chi connectivity index (χ4n) is 3.96. The van der Waals surface area contributed by atoms with Gasteiger partial charge in [-0.15, -0.1) is 0 Å². The summed E-state index contributed by atoms with van der Waals surface area (Å²) < 4.78 is 0. The van der Waals surface area contributed by atoms with Crippen LogP contribution in [-0.2, 0) is 0 Å².